The molecule has 2 heterocycles. The van der Waals surface area contributed by atoms with Gasteiger partial charge in [0, 0.05) is 11.3 Å². The fourth-order valence-corrected chi connectivity index (χ4v) is 3.85. The first-order chi connectivity index (χ1) is 14.6. The van der Waals surface area contributed by atoms with E-state index in [-0.39, 0.29) is 17.8 Å². The molecule has 0 aromatic heterocycles. The Kier molecular flexibility index (Phi) is 6.18. The Morgan fingerprint density at radius 2 is 1.77 bits per heavy atom. The minimum atomic E-state index is -0.173. The second kappa shape index (κ2) is 9.17. The van der Waals surface area contributed by atoms with Crippen LogP contribution in [0, 0.1) is 0 Å². The van der Waals surface area contributed by atoms with Gasteiger partial charge in [0.25, 0.3) is 5.91 Å². The van der Waals surface area contributed by atoms with Crippen LogP contribution in [0.2, 0.25) is 0 Å². The molecule has 1 amide bonds. The lowest BCUT2D eigenvalue weighted by atomic mass is 10.1. The maximum absolute atomic E-state index is 12.4. The van der Waals surface area contributed by atoms with Crippen molar-refractivity contribution in [3.8, 4) is 11.5 Å². The molecule has 7 heteroatoms. The van der Waals surface area contributed by atoms with Crippen molar-refractivity contribution in [2.75, 3.05) is 50.8 Å². The highest BCUT2D eigenvalue weighted by Crippen LogP contribution is 2.30. The van der Waals surface area contributed by atoms with Gasteiger partial charge in [-0.05, 0) is 43.3 Å². The van der Waals surface area contributed by atoms with Crippen molar-refractivity contribution >= 4 is 17.4 Å². The van der Waals surface area contributed by atoms with E-state index in [1.807, 2.05) is 48.5 Å². The van der Waals surface area contributed by atoms with Gasteiger partial charge in [-0.25, -0.2) is 0 Å². The second-order valence-electron chi connectivity index (χ2n) is 7.82. The first-order valence-electron chi connectivity index (χ1n) is 10.4. The lowest BCUT2D eigenvalue weighted by Crippen LogP contribution is -3.16. The third-order valence-electron chi connectivity index (χ3n) is 5.61. The standard InChI is InChI=1S/C23H27N3O4/c1-17(27)18-6-8-19(9-7-18)26-12-10-25(11-13-26)15-23(28)24-14-20-16-29-21-4-2-3-5-22(21)30-20/h2-9,20H,10-16H2,1H3,(H,24,28)/p+1/t20-/m1/s1. The number of fused-ring (bicyclic) bond motifs is 1. The number of ether oxygens (including phenoxy) is 2. The van der Waals surface area contributed by atoms with Gasteiger partial charge in [0.1, 0.15) is 12.7 Å². The summed E-state index contributed by atoms with van der Waals surface area (Å²) < 4.78 is 11.6. The summed E-state index contributed by atoms with van der Waals surface area (Å²) in [5, 5.41) is 2.98. The molecule has 0 aliphatic carbocycles. The summed E-state index contributed by atoms with van der Waals surface area (Å²) in [6.07, 6.45) is -0.173. The van der Waals surface area contributed by atoms with Crippen LogP contribution in [0.5, 0.6) is 11.5 Å². The number of ketones is 1. The zero-order valence-electron chi connectivity index (χ0n) is 17.2. The summed E-state index contributed by atoms with van der Waals surface area (Å²) >= 11 is 0. The summed E-state index contributed by atoms with van der Waals surface area (Å²) in [5.41, 5.74) is 1.86. The smallest absolute Gasteiger partial charge is 0.275 e. The maximum atomic E-state index is 12.4. The van der Waals surface area contributed by atoms with Gasteiger partial charge in [-0.1, -0.05) is 12.1 Å². The zero-order chi connectivity index (χ0) is 20.9. The quantitative estimate of drug-likeness (QED) is 0.681. The van der Waals surface area contributed by atoms with Crippen LogP contribution in [0.4, 0.5) is 5.69 Å². The fourth-order valence-electron chi connectivity index (χ4n) is 3.85. The van der Waals surface area contributed by atoms with Crippen molar-refractivity contribution in [1.29, 1.82) is 0 Å². The van der Waals surface area contributed by atoms with Crippen LogP contribution in [0.15, 0.2) is 48.5 Å². The third kappa shape index (κ3) is 4.91. The van der Waals surface area contributed by atoms with Crippen LogP contribution in [0.25, 0.3) is 0 Å². The third-order valence-corrected chi connectivity index (χ3v) is 5.61. The number of benzene rings is 2. The average Bonchev–Trinajstić information content (AvgIpc) is 2.78. The molecule has 2 N–H and O–H groups in total. The van der Waals surface area contributed by atoms with Crippen LogP contribution in [-0.4, -0.2) is 63.7 Å². The van der Waals surface area contributed by atoms with E-state index in [1.54, 1.807) is 6.92 Å². The number of quaternary nitrogens is 1. The SMILES string of the molecule is CC(=O)c1ccc(N2CC[NH+](CC(=O)NC[C@@H]3COc4ccccc4O3)CC2)cc1. The van der Waals surface area contributed by atoms with E-state index in [1.165, 1.54) is 4.90 Å². The number of para-hydroxylation sites is 2. The lowest BCUT2D eigenvalue weighted by Gasteiger charge is -2.33. The molecule has 1 atom stereocenters. The average molecular weight is 410 g/mol. The Bertz CT molecular complexity index is 892. The highest BCUT2D eigenvalue weighted by Gasteiger charge is 2.24. The van der Waals surface area contributed by atoms with Crippen molar-refractivity contribution in [3.05, 3.63) is 54.1 Å². The molecule has 0 saturated carbocycles. The first kappa shape index (κ1) is 20.2. The molecule has 0 bridgehead atoms. The molecule has 2 aliphatic heterocycles. The van der Waals surface area contributed by atoms with Gasteiger partial charge in [0.05, 0.1) is 32.7 Å². The fraction of sp³-hybridized carbons (Fsp3) is 0.391. The number of carbonyl (C=O) groups is 2. The molecule has 7 nitrogen and oxygen atoms in total. The summed E-state index contributed by atoms with van der Waals surface area (Å²) in [4.78, 5) is 27.4. The van der Waals surface area contributed by atoms with E-state index in [9.17, 15) is 9.59 Å². The van der Waals surface area contributed by atoms with Crippen molar-refractivity contribution in [1.82, 2.24) is 5.32 Å². The van der Waals surface area contributed by atoms with Crippen LogP contribution in [0.3, 0.4) is 0 Å². The topological polar surface area (TPSA) is 72.3 Å². The van der Waals surface area contributed by atoms with Gasteiger partial charge >= 0.3 is 0 Å². The monoisotopic (exact) mass is 410 g/mol. The van der Waals surface area contributed by atoms with Gasteiger partial charge in [-0.15, -0.1) is 0 Å². The van der Waals surface area contributed by atoms with Crippen LogP contribution >= 0.6 is 0 Å². The van der Waals surface area contributed by atoms with Gasteiger partial charge in [0.15, 0.2) is 23.8 Å². The molecule has 30 heavy (non-hydrogen) atoms. The van der Waals surface area contributed by atoms with Crippen LogP contribution in [0.1, 0.15) is 17.3 Å². The molecule has 2 aliphatic rings. The maximum Gasteiger partial charge on any atom is 0.275 e. The number of amides is 1. The minimum Gasteiger partial charge on any atom is -0.486 e. The molecule has 158 valence electrons. The molecule has 1 fully saturated rings. The summed E-state index contributed by atoms with van der Waals surface area (Å²) in [5.74, 6) is 1.59. The molecule has 2 aromatic rings. The van der Waals surface area contributed by atoms with Crippen molar-refractivity contribution in [2.24, 2.45) is 0 Å². The normalized spacial score (nSPS) is 18.7. The molecule has 2 aromatic carbocycles. The number of anilines is 1. The van der Waals surface area contributed by atoms with Gasteiger partial charge in [-0.3, -0.25) is 9.59 Å². The Hall–Kier alpha value is -3.06. The second-order valence-corrected chi connectivity index (χ2v) is 7.82. The number of hydrogen-bond acceptors (Lipinski definition) is 5. The minimum absolute atomic E-state index is 0.0340. The predicted octanol–water partition coefficient (Wildman–Crippen LogP) is 0.550. The van der Waals surface area contributed by atoms with Gasteiger partial charge < -0.3 is 24.6 Å². The van der Waals surface area contributed by atoms with Crippen molar-refractivity contribution < 1.29 is 24.0 Å². The molecule has 0 unspecified atom stereocenters. The number of piperazine rings is 1. The number of hydrogen-bond donors (Lipinski definition) is 2. The highest BCUT2D eigenvalue weighted by molar-refractivity contribution is 5.94. The Labute approximate surface area is 176 Å². The van der Waals surface area contributed by atoms with E-state index in [0.717, 1.165) is 48.9 Å². The lowest BCUT2D eigenvalue weighted by molar-refractivity contribution is -0.892. The van der Waals surface area contributed by atoms with Crippen molar-refractivity contribution in [2.45, 2.75) is 13.0 Å². The predicted molar refractivity (Wildman–Crippen MR) is 114 cm³/mol. The number of nitrogens with one attached hydrogen (secondary N) is 2. The van der Waals surface area contributed by atoms with Crippen LogP contribution in [-0.2, 0) is 4.79 Å². The van der Waals surface area contributed by atoms with Crippen molar-refractivity contribution in [3.63, 3.8) is 0 Å². The summed E-state index contributed by atoms with van der Waals surface area (Å²) in [6.45, 7) is 6.49. The summed E-state index contributed by atoms with van der Waals surface area (Å²) in [7, 11) is 0. The molecular weight excluding hydrogens is 382 g/mol. The summed E-state index contributed by atoms with van der Waals surface area (Å²) in [6, 6.07) is 15.3. The zero-order valence-corrected chi connectivity index (χ0v) is 17.2. The van der Waals surface area contributed by atoms with Gasteiger partial charge in [-0.2, -0.15) is 0 Å². The number of rotatable bonds is 6. The number of nitrogens with zero attached hydrogens (tertiary/aromatic N) is 1. The Morgan fingerprint density at radius 3 is 2.47 bits per heavy atom. The van der Waals surface area contributed by atoms with E-state index in [4.69, 9.17) is 9.47 Å². The van der Waals surface area contributed by atoms with E-state index in [2.05, 4.69) is 10.2 Å². The largest absolute Gasteiger partial charge is 0.486 e. The molecule has 1 saturated heterocycles. The van der Waals surface area contributed by atoms with E-state index in [0.29, 0.717) is 19.7 Å². The van der Waals surface area contributed by atoms with E-state index >= 15 is 0 Å². The van der Waals surface area contributed by atoms with E-state index < -0.39 is 0 Å². The van der Waals surface area contributed by atoms with Gasteiger partial charge in [0.2, 0.25) is 0 Å². The molecular formula is C23H28N3O4+. The first-order valence-corrected chi connectivity index (χ1v) is 10.4. The molecule has 0 spiro atoms. The Morgan fingerprint density at radius 1 is 1.07 bits per heavy atom. The number of Topliss-reactive ketones (excluding diaryl/α,β-unsaturated/α-hetero) is 1. The molecule has 0 radical (unpaired) electrons. The van der Waals surface area contributed by atoms with Crippen LogP contribution < -0.4 is 24.6 Å². The Balaban J connectivity index is 1.19. The molecule has 4 rings (SSSR count). The highest BCUT2D eigenvalue weighted by atomic mass is 16.6. The number of carbonyl (C=O) groups excluding carboxylic acids is 2.